The number of cyclic esters (lactones) is 1. The van der Waals surface area contributed by atoms with Crippen LogP contribution in [0.15, 0.2) is 21.9 Å². The first-order valence-corrected chi connectivity index (χ1v) is 13.7. The zero-order valence-electron chi connectivity index (χ0n) is 22.6. The molecular weight excluding hydrogens is 518 g/mol. The summed E-state index contributed by atoms with van der Waals surface area (Å²) in [6.45, 7) is 5.03. The number of amides is 1. The summed E-state index contributed by atoms with van der Waals surface area (Å²) in [5, 5.41) is 24.3. The van der Waals surface area contributed by atoms with E-state index in [1.807, 2.05) is 6.07 Å². The van der Waals surface area contributed by atoms with Crippen LogP contribution in [-0.4, -0.2) is 51.8 Å². The van der Waals surface area contributed by atoms with E-state index in [1.165, 1.54) is 0 Å². The number of hydrogen-bond acceptors (Lipinski definition) is 9. The molecule has 5 heterocycles. The Kier molecular flexibility index (Phi) is 5.31. The Labute approximate surface area is 229 Å². The van der Waals surface area contributed by atoms with Gasteiger partial charge >= 0.3 is 5.97 Å². The number of aliphatic hydroxyl groups excluding tert-OH is 1. The molecule has 0 saturated carbocycles. The molecule has 1 aliphatic carbocycles. The standard InChI is InChI=1S/C29H31N3O8/c1-4-29(37)16-7-19-23-14(9-32(19)25(34)15(16)10-38-27(29)36)22-17(31-26(35)28(2,3)11-33)6-5-13-21(22)18(30-23)8-20-24(13)40-12-39-20/h7-8,14,17,22,33,37H,4-6,9-12H2,1-3H3,(H,31,35)/t14?,17-,22?,29-/m0/s1. The molecule has 1 aromatic heterocycles. The third-order valence-electron chi connectivity index (χ3n) is 9.29. The number of pyridine rings is 1. The number of rotatable bonds is 4. The van der Waals surface area contributed by atoms with Crippen LogP contribution in [0.2, 0.25) is 0 Å². The molecule has 2 aromatic rings. The Morgan fingerprint density at radius 3 is 2.77 bits per heavy atom. The molecule has 1 aromatic carbocycles. The number of fused-ring (bicyclic) bond motifs is 7. The molecule has 1 amide bonds. The van der Waals surface area contributed by atoms with Gasteiger partial charge in [-0.3, -0.25) is 14.6 Å². The van der Waals surface area contributed by atoms with Crippen LogP contribution in [0.25, 0.3) is 0 Å². The highest BCUT2D eigenvalue weighted by Crippen LogP contribution is 2.55. The zero-order chi connectivity index (χ0) is 28.1. The third-order valence-corrected chi connectivity index (χ3v) is 9.29. The lowest BCUT2D eigenvalue weighted by molar-refractivity contribution is -0.172. The van der Waals surface area contributed by atoms with Crippen LogP contribution in [-0.2, 0) is 39.5 Å². The first-order valence-electron chi connectivity index (χ1n) is 13.7. The smallest absolute Gasteiger partial charge is 0.343 e. The van der Waals surface area contributed by atoms with Crippen LogP contribution in [0.4, 0.5) is 5.69 Å². The number of aliphatic imine (C=N–C) groups is 1. The SMILES string of the molecule is CC[C@@]1(O)C(=O)OCc2c1cc1n(c2=O)CC2C1=Nc1cc3c(c4c1C2[C@@H](NC(=O)C(C)(C)CO)CC4)OCO3. The second kappa shape index (κ2) is 8.40. The normalized spacial score (nSPS) is 27.2. The van der Waals surface area contributed by atoms with Gasteiger partial charge in [0.05, 0.1) is 34.7 Å². The average molecular weight is 550 g/mol. The van der Waals surface area contributed by atoms with Gasteiger partial charge in [0.2, 0.25) is 12.7 Å². The number of aromatic nitrogens is 1. The Balaban J connectivity index is 1.41. The van der Waals surface area contributed by atoms with E-state index in [2.05, 4.69) is 5.32 Å². The summed E-state index contributed by atoms with van der Waals surface area (Å²) in [6, 6.07) is 3.28. The molecule has 2 unspecified atom stereocenters. The van der Waals surface area contributed by atoms with Gasteiger partial charge in [0.1, 0.15) is 6.61 Å². The quantitative estimate of drug-likeness (QED) is 0.487. The van der Waals surface area contributed by atoms with Gasteiger partial charge in [-0.25, -0.2) is 4.79 Å². The number of esters is 1. The summed E-state index contributed by atoms with van der Waals surface area (Å²) in [7, 11) is 0. The first kappa shape index (κ1) is 25.3. The monoisotopic (exact) mass is 549 g/mol. The van der Waals surface area contributed by atoms with Crippen molar-refractivity contribution in [2.24, 2.45) is 16.3 Å². The highest BCUT2D eigenvalue weighted by molar-refractivity contribution is 6.07. The summed E-state index contributed by atoms with van der Waals surface area (Å²) < 4.78 is 18.4. The fraction of sp³-hybridized carbons (Fsp3) is 0.517. The number of nitrogens with one attached hydrogen (secondary N) is 1. The minimum Gasteiger partial charge on any atom is -0.458 e. The van der Waals surface area contributed by atoms with Gasteiger partial charge in [-0.15, -0.1) is 0 Å². The number of hydrogen-bond donors (Lipinski definition) is 3. The van der Waals surface area contributed by atoms with Crippen molar-refractivity contribution in [2.45, 2.75) is 70.7 Å². The lowest BCUT2D eigenvalue weighted by Crippen LogP contribution is -2.50. The molecule has 0 bridgehead atoms. The summed E-state index contributed by atoms with van der Waals surface area (Å²) in [5.74, 6) is -0.175. The van der Waals surface area contributed by atoms with E-state index in [4.69, 9.17) is 19.2 Å². The Morgan fingerprint density at radius 2 is 2.02 bits per heavy atom. The molecule has 11 heteroatoms. The number of ether oxygens (including phenoxy) is 3. The molecule has 210 valence electrons. The fourth-order valence-electron chi connectivity index (χ4n) is 6.90. The molecule has 0 saturated heterocycles. The van der Waals surface area contributed by atoms with E-state index in [-0.39, 0.29) is 66.9 Å². The molecule has 0 radical (unpaired) electrons. The van der Waals surface area contributed by atoms with Gasteiger partial charge in [-0.05, 0) is 44.7 Å². The van der Waals surface area contributed by atoms with Crippen LogP contribution in [0.5, 0.6) is 11.5 Å². The Morgan fingerprint density at radius 1 is 1.23 bits per heavy atom. The number of nitrogens with zero attached hydrogens (tertiary/aromatic N) is 2. The molecule has 4 aliphatic heterocycles. The number of carbonyl (C=O) groups excluding carboxylic acids is 2. The molecule has 0 spiro atoms. The lowest BCUT2D eigenvalue weighted by atomic mass is 9.68. The topological polar surface area (TPSA) is 149 Å². The van der Waals surface area contributed by atoms with Crippen LogP contribution in [0, 0.1) is 11.3 Å². The largest absolute Gasteiger partial charge is 0.458 e. The van der Waals surface area contributed by atoms with Gasteiger partial charge in [0.15, 0.2) is 17.1 Å². The fourth-order valence-corrected chi connectivity index (χ4v) is 6.90. The molecule has 40 heavy (non-hydrogen) atoms. The van der Waals surface area contributed by atoms with E-state index < -0.39 is 17.0 Å². The second-order valence-corrected chi connectivity index (χ2v) is 11.9. The molecule has 0 fully saturated rings. The zero-order valence-corrected chi connectivity index (χ0v) is 22.6. The summed E-state index contributed by atoms with van der Waals surface area (Å²) in [6.07, 6.45) is 1.34. The van der Waals surface area contributed by atoms with Crippen molar-refractivity contribution < 1.29 is 34.0 Å². The van der Waals surface area contributed by atoms with E-state index in [1.54, 1.807) is 31.4 Å². The van der Waals surface area contributed by atoms with Crippen molar-refractivity contribution in [3.8, 4) is 11.5 Å². The van der Waals surface area contributed by atoms with E-state index in [9.17, 15) is 24.6 Å². The van der Waals surface area contributed by atoms with Gasteiger partial charge in [-0.1, -0.05) is 6.92 Å². The van der Waals surface area contributed by atoms with Crippen LogP contribution in [0.1, 0.15) is 67.5 Å². The highest BCUT2D eigenvalue weighted by Gasteiger charge is 2.51. The minimum atomic E-state index is -1.91. The Hall–Kier alpha value is -3.70. The van der Waals surface area contributed by atoms with Crippen molar-refractivity contribution in [3.05, 3.63) is 50.4 Å². The maximum atomic E-state index is 13.8. The summed E-state index contributed by atoms with van der Waals surface area (Å²) in [4.78, 5) is 44.6. The van der Waals surface area contributed by atoms with Gasteiger partial charge in [-0.2, -0.15) is 0 Å². The van der Waals surface area contributed by atoms with Crippen molar-refractivity contribution in [2.75, 3.05) is 13.4 Å². The number of benzene rings is 1. The van der Waals surface area contributed by atoms with Crippen molar-refractivity contribution >= 4 is 23.3 Å². The number of carbonyl (C=O) groups is 2. The summed E-state index contributed by atoms with van der Waals surface area (Å²) in [5.41, 5.74) is 1.23. The molecule has 3 N–H and O–H groups in total. The maximum absolute atomic E-state index is 13.8. The van der Waals surface area contributed by atoms with E-state index in [0.29, 0.717) is 48.0 Å². The van der Waals surface area contributed by atoms with Crippen LogP contribution in [0.3, 0.4) is 0 Å². The molecule has 7 rings (SSSR count). The van der Waals surface area contributed by atoms with Gasteiger partial charge in [0, 0.05) is 41.6 Å². The molecular formula is C29H31N3O8. The first-order chi connectivity index (χ1) is 19.1. The minimum absolute atomic E-state index is 0.0602. The van der Waals surface area contributed by atoms with Crippen LogP contribution < -0.4 is 20.3 Å². The van der Waals surface area contributed by atoms with Crippen molar-refractivity contribution in [1.82, 2.24) is 9.88 Å². The average Bonchev–Trinajstić information content (AvgIpc) is 3.57. The predicted molar refractivity (Wildman–Crippen MR) is 141 cm³/mol. The van der Waals surface area contributed by atoms with Gasteiger partial charge in [0.25, 0.3) is 5.56 Å². The summed E-state index contributed by atoms with van der Waals surface area (Å²) >= 11 is 0. The molecule has 5 aliphatic rings. The molecule has 4 atom stereocenters. The van der Waals surface area contributed by atoms with E-state index in [0.717, 1.165) is 11.1 Å². The maximum Gasteiger partial charge on any atom is 0.343 e. The van der Waals surface area contributed by atoms with Crippen LogP contribution >= 0.6 is 0 Å². The predicted octanol–water partition coefficient (Wildman–Crippen LogP) is 1.53. The molecule has 11 nitrogen and oxygen atoms in total. The Bertz CT molecular complexity index is 1590. The van der Waals surface area contributed by atoms with Crippen molar-refractivity contribution in [3.63, 3.8) is 0 Å². The lowest BCUT2D eigenvalue weighted by Gasteiger charge is -2.41. The third kappa shape index (κ3) is 3.24. The van der Waals surface area contributed by atoms with Gasteiger partial charge < -0.3 is 34.3 Å². The highest BCUT2D eigenvalue weighted by atomic mass is 16.7. The second-order valence-electron chi connectivity index (χ2n) is 11.9. The van der Waals surface area contributed by atoms with E-state index >= 15 is 0 Å². The van der Waals surface area contributed by atoms with Crippen molar-refractivity contribution in [1.29, 1.82) is 0 Å². The number of aliphatic hydroxyl groups is 2.